The summed E-state index contributed by atoms with van der Waals surface area (Å²) < 4.78 is 5.29. The lowest BCUT2D eigenvalue weighted by molar-refractivity contribution is 0.403. The van der Waals surface area contributed by atoms with Gasteiger partial charge in [-0.1, -0.05) is 31.5 Å². The molecule has 4 rings (SSSR count). The van der Waals surface area contributed by atoms with Crippen LogP contribution in [-0.4, -0.2) is 33.3 Å². The van der Waals surface area contributed by atoms with Gasteiger partial charge in [-0.3, -0.25) is 23.1 Å². The van der Waals surface area contributed by atoms with Crippen LogP contribution in [-0.2, 0) is 19.6 Å². The van der Waals surface area contributed by atoms with Gasteiger partial charge in [0.25, 0.3) is 5.56 Å². The summed E-state index contributed by atoms with van der Waals surface area (Å²) in [5.41, 5.74) is -0.145. The molecule has 0 fully saturated rings. The predicted molar refractivity (Wildman–Crippen MR) is 125 cm³/mol. The van der Waals surface area contributed by atoms with Gasteiger partial charge in [0.1, 0.15) is 0 Å². The van der Waals surface area contributed by atoms with E-state index in [1.165, 1.54) is 24.5 Å². The highest BCUT2D eigenvalue weighted by molar-refractivity contribution is 6.28. The summed E-state index contributed by atoms with van der Waals surface area (Å²) in [6, 6.07) is 9.02. The minimum absolute atomic E-state index is 0.0577. The third-order valence-electron chi connectivity index (χ3n) is 5.57. The molecule has 0 aliphatic carbocycles. The second kappa shape index (κ2) is 9.53. The molecule has 0 radical (unpaired) electrons. The van der Waals surface area contributed by atoms with Crippen molar-refractivity contribution < 1.29 is 5.11 Å². The van der Waals surface area contributed by atoms with Gasteiger partial charge in [-0.2, -0.15) is 4.98 Å². The number of nitrogens with zero attached hydrogens (tertiary/aromatic N) is 5. The van der Waals surface area contributed by atoms with E-state index >= 15 is 0 Å². The quantitative estimate of drug-likeness (QED) is 0.286. The van der Waals surface area contributed by atoms with Gasteiger partial charge in [-0.25, -0.2) is 9.59 Å². The highest BCUT2D eigenvalue weighted by Gasteiger charge is 2.17. The number of aromatic hydroxyl groups is 1. The summed E-state index contributed by atoms with van der Waals surface area (Å²) in [7, 11) is 0. The number of H-pyrrole nitrogens is 1. The molecule has 2 N–H and O–H groups in total. The Morgan fingerprint density at radius 3 is 2.30 bits per heavy atom. The molecule has 1 aromatic carbocycles. The van der Waals surface area contributed by atoms with Crippen molar-refractivity contribution in [1.29, 1.82) is 0 Å². The number of fused-ring (bicyclic) bond motifs is 1. The number of aromatic nitrogens is 6. The van der Waals surface area contributed by atoms with Gasteiger partial charge < -0.3 is 10.1 Å². The molecule has 0 saturated carbocycles. The van der Waals surface area contributed by atoms with Crippen LogP contribution in [0.2, 0.25) is 5.28 Å². The standard InChI is InChI=1S/C22H25ClN6O4/c1-2-3-11-27-18-17(24-20(23)25-18)19(31)28(22(27)33)13-8-7-12-26-16(30)14-29(21(26)32)15-9-5-4-6-10-15/h4-6,9-10,14,30H,2-3,7-8,11-13H2,1H3,(H,24,25). The summed E-state index contributed by atoms with van der Waals surface area (Å²) in [5.74, 6) is -0.142. The molecule has 0 saturated heterocycles. The lowest BCUT2D eigenvalue weighted by atomic mass is 10.3. The Hall–Kier alpha value is -3.53. The SMILES string of the molecule is CCCCn1c(=O)n(CCCCn2c(O)cn(-c3ccccc3)c2=O)c(=O)c2[nH]c(Cl)nc21. The molecule has 4 aromatic rings. The van der Waals surface area contributed by atoms with Crippen molar-refractivity contribution in [3.05, 3.63) is 73.1 Å². The summed E-state index contributed by atoms with van der Waals surface area (Å²) in [5, 5.41) is 10.3. The van der Waals surface area contributed by atoms with Crippen molar-refractivity contribution in [3.63, 3.8) is 0 Å². The first kappa shape index (κ1) is 22.7. The lowest BCUT2D eigenvalue weighted by Gasteiger charge is -2.11. The van der Waals surface area contributed by atoms with Crippen LogP contribution < -0.4 is 16.9 Å². The van der Waals surface area contributed by atoms with Crippen LogP contribution in [0.1, 0.15) is 32.6 Å². The number of benzene rings is 1. The molecule has 0 amide bonds. The summed E-state index contributed by atoms with van der Waals surface area (Å²) >= 11 is 5.95. The summed E-state index contributed by atoms with van der Waals surface area (Å²) in [4.78, 5) is 45.4. The van der Waals surface area contributed by atoms with Crippen LogP contribution in [0.25, 0.3) is 16.9 Å². The van der Waals surface area contributed by atoms with E-state index in [1.54, 1.807) is 12.1 Å². The first-order valence-electron chi connectivity index (χ1n) is 10.9. The lowest BCUT2D eigenvalue weighted by Crippen LogP contribution is -2.40. The fourth-order valence-electron chi connectivity index (χ4n) is 3.85. The maximum Gasteiger partial charge on any atom is 0.335 e. The van der Waals surface area contributed by atoms with E-state index in [9.17, 15) is 19.5 Å². The topological polar surface area (TPSA) is 120 Å². The summed E-state index contributed by atoms with van der Waals surface area (Å²) in [6.45, 7) is 2.87. The van der Waals surface area contributed by atoms with Gasteiger partial charge >= 0.3 is 11.4 Å². The normalized spacial score (nSPS) is 11.5. The Morgan fingerprint density at radius 2 is 1.61 bits per heavy atom. The number of para-hydroxylation sites is 1. The molecule has 3 aromatic heterocycles. The average Bonchev–Trinajstić information content (AvgIpc) is 3.33. The van der Waals surface area contributed by atoms with E-state index in [4.69, 9.17) is 11.6 Å². The molecule has 33 heavy (non-hydrogen) atoms. The Balaban J connectivity index is 1.52. The fourth-order valence-corrected chi connectivity index (χ4v) is 4.02. The molecular formula is C22H25ClN6O4. The van der Waals surface area contributed by atoms with Gasteiger partial charge in [0.15, 0.2) is 11.2 Å². The number of halogens is 1. The molecule has 0 spiro atoms. The molecule has 174 valence electrons. The second-order valence-corrected chi connectivity index (χ2v) is 8.16. The van der Waals surface area contributed by atoms with E-state index in [-0.39, 0.29) is 41.1 Å². The molecule has 0 bridgehead atoms. The number of rotatable bonds is 9. The molecule has 11 heteroatoms. The van der Waals surface area contributed by atoms with E-state index in [0.29, 0.717) is 25.1 Å². The van der Waals surface area contributed by atoms with Crippen molar-refractivity contribution in [1.82, 2.24) is 28.2 Å². The highest BCUT2D eigenvalue weighted by Crippen LogP contribution is 2.13. The van der Waals surface area contributed by atoms with Crippen LogP contribution in [0.5, 0.6) is 5.88 Å². The Labute approximate surface area is 193 Å². The van der Waals surface area contributed by atoms with Crippen LogP contribution in [0.3, 0.4) is 0 Å². The zero-order valence-electron chi connectivity index (χ0n) is 18.2. The molecule has 10 nitrogen and oxygen atoms in total. The van der Waals surface area contributed by atoms with E-state index in [2.05, 4.69) is 9.97 Å². The number of hydrogen-bond acceptors (Lipinski definition) is 5. The maximum absolute atomic E-state index is 13.0. The number of hydrogen-bond donors (Lipinski definition) is 2. The number of aryl methyl sites for hydroxylation is 1. The monoisotopic (exact) mass is 472 g/mol. The first-order chi connectivity index (χ1) is 15.9. The van der Waals surface area contributed by atoms with Crippen LogP contribution >= 0.6 is 11.6 Å². The van der Waals surface area contributed by atoms with Gasteiger partial charge in [0.2, 0.25) is 11.2 Å². The minimum Gasteiger partial charge on any atom is -0.493 e. The first-order valence-corrected chi connectivity index (χ1v) is 11.3. The third kappa shape index (κ3) is 4.38. The highest BCUT2D eigenvalue weighted by atomic mass is 35.5. The molecule has 0 aliphatic rings. The molecular weight excluding hydrogens is 448 g/mol. The zero-order chi connectivity index (χ0) is 23.5. The number of unbranched alkanes of at least 4 members (excludes halogenated alkanes) is 2. The van der Waals surface area contributed by atoms with Crippen molar-refractivity contribution >= 4 is 22.8 Å². The van der Waals surface area contributed by atoms with Crippen molar-refractivity contribution in [3.8, 4) is 11.6 Å². The predicted octanol–water partition coefficient (Wildman–Crippen LogP) is 2.48. The van der Waals surface area contributed by atoms with Gasteiger partial charge in [-0.15, -0.1) is 0 Å². The minimum atomic E-state index is -0.475. The van der Waals surface area contributed by atoms with Gasteiger partial charge in [0.05, 0.1) is 11.9 Å². The Kier molecular flexibility index (Phi) is 6.55. The van der Waals surface area contributed by atoms with E-state index in [0.717, 1.165) is 12.8 Å². The second-order valence-electron chi connectivity index (χ2n) is 7.80. The van der Waals surface area contributed by atoms with Crippen LogP contribution in [0.15, 0.2) is 50.9 Å². The van der Waals surface area contributed by atoms with Crippen molar-refractivity contribution in [2.75, 3.05) is 0 Å². The fraction of sp³-hybridized carbons (Fsp3) is 0.364. The molecule has 0 aliphatic heterocycles. The van der Waals surface area contributed by atoms with E-state index in [1.807, 2.05) is 25.1 Å². The van der Waals surface area contributed by atoms with Crippen LogP contribution in [0.4, 0.5) is 0 Å². The number of aromatic amines is 1. The average molecular weight is 473 g/mol. The van der Waals surface area contributed by atoms with Crippen molar-refractivity contribution in [2.45, 2.75) is 52.2 Å². The van der Waals surface area contributed by atoms with Gasteiger partial charge in [0, 0.05) is 19.6 Å². The molecule has 3 heterocycles. The van der Waals surface area contributed by atoms with Crippen molar-refractivity contribution in [2.24, 2.45) is 0 Å². The molecule has 0 unspecified atom stereocenters. The Bertz CT molecular complexity index is 1440. The third-order valence-corrected chi connectivity index (χ3v) is 5.75. The number of nitrogens with one attached hydrogen (secondary N) is 1. The summed E-state index contributed by atoms with van der Waals surface area (Å²) in [6.07, 6.45) is 3.96. The molecule has 0 atom stereocenters. The zero-order valence-corrected chi connectivity index (χ0v) is 19.0. The smallest absolute Gasteiger partial charge is 0.335 e. The number of imidazole rings is 2. The largest absolute Gasteiger partial charge is 0.493 e. The van der Waals surface area contributed by atoms with E-state index < -0.39 is 11.2 Å². The maximum atomic E-state index is 13.0. The van der Waals surface area contributed by atoms with Gasteiger partial charge in [-0.05, 0) is 43.0 Å². The Morgan fingerprint density at radius 1 is 0.939 bits per heavy atom. The van der Waals surface area contributed by atoms with Crippen LogP contribution in [0, 0.1) is 0 Å².